The summed E-state index contributed by atoms with van der Waals surface area (Å²) < 4.78 is 10.4. The lowest BCUT2D eigenvalue weighted by atomic mass is 10.0. The van der Waals surface area contributed by atoms with E-state index in [0.29, 0.717) is 30.1 Å². The molecule has 0 heterocycles. The largest absolute Gasteiger partial charge is 0.497 e. The fourth-order valence-corrected chi connectivity index (χ4v) is 2.29. The highest BCUT2D eigenvalue weighted by atomic mass is 16.5. The number of hydrogen-bond acceptors (Lipinski definition) is 5. The van der Waals surface area contributed by atoms with Crippen LogP contribution in [0.1, 0.15) is 17.5 Å². The van der Waals surface area contributed by atoms with Crippen LogP contribution in [0.2, 0.25) is 0 Å². The summed E-state index contributed by atoms with van der Waals surface area (Å²) in [7, 11) is 3.26. The van der Waals surface area contributed by atoms with E-state index in [0.717, 1.165) is 23.4 Å². The van der Waals surface area contributed by atoms with Gasteiger partial charge < -0.3 is 25.9 Å². The van der Waals surface area contributed by atoms with E-state index in [9.17, 15) is 0 Å². The minimum Gasteiger partial charge on any atom is -0.497 e. The number of methoxy groups -OCH3 is 2. The van der Waals surface area contributed by atoms with E-state index in [1.54, 1.807) is 32.4 Å². The van der Waals surface area contributed by atoms with Crippen molar-refractivity contribution in [2.24, 2.45) is 0 Å². The van der Waals surface area contributed by atoms with Crippen LogP contribution < -0.4 is 20.5 Å². The lowest BCUT2D eigenvalue weighted by molar-refractivity contribution is 0.414. The number of nitrogens with two attached hydrogens (primary N) is 1. The van der Waals surface area contributed by atoms with Crippen molar-refractivity contribution in [3.8, 4) is 11.5 Å². The fourth-order valence-electron chi connectivity index (χ4n) is 2.29. The molecule has 0 spiro atoms. The fraction of sp³-hybridized carbons (Fsp3) is 0.278. The number of rotatable bonds is 8. The minimum absolute atomic E-state index is 0.500. The molecule has 0 saturated carbocycles. The number of hydrogen-bond donors (Lipinski definition) is 3. The monoisotopic (exact) mass is 313 g/mol. The van der Waals surface area contributed by atoms with Crippen molar-refractivity contribution < 1.29 is 9.47 Å². The second-order valence-electron chi connectivity index (χ2n) is 5.21. The minimum atomic E-state index is 0.500. The molecule has 0 aromatic heterocycles. The zero-order valence-electron chi connectivity index (χ0n) is 13.6. The molecule has 5 heteroatoms. The van der Waals surface area contributed by atoms with Gasteiger partial charge in [0.05, 0.1) is 14.2 Å². The Morgan fingerprint density at radius 1 is 1.09 bits per heavy atom. The maximum atomic E-state index is 8.19. The summed E-state index contributed by atoms with van der Waals surface area (Å²) in [6, 6.07) is 13.3. The van der Waals surface area contributed by atoms with Gasteiger partial charge in [0, 0.05) is 36.5 Å². The van der Waals surface area contributed by atoms with Crippen molar-refractivity contribution in [3.05, 3.63) is 53.6 Å². The quantitative estimate of drug-likeness (QED) is 0.398. The van der Waals surface area contributed by atoms with Crippen molar-refractivity contribution >= 4 is 11.4 Å². The Bertz CT molecular complexity index is 671. The van der Waals surface area contributed by atoms with Crippen molar-refractivity contribution in [1.82, 2.24) is 5.32 Å². The second kappa shape index (κ2) is 8.19. The molecule has 2 aromatic rings. The molecule has 23 heavy (non-hydrogen) atoms. The lowest BCUT2D eigenvalue weighted by Crippen LogP contribution is -2.18. The summed E-state index contributed by atoms with van der Waals surface area (Å²) in [4.78, 5) is 0. The smallest absolute Gasteiger partial charge is 0.119 e. The van der Waals surface area contributed by atoms with Crippen LogP contribution in [0.3, 0.4) is 0 Å². The lowest BCUT2D eigenvalue weighted by Gasteiger charge is -2.10. The number of nitrogens with one attached hydrogen (secondary N) is 2. The van der Waals surface area contributed by atoms with Gasteiger partial charge in [-0.15, -0.1) is 0 Å². The van der Waals surface area contributed by atoms with Gasteiger partial charge in [0.25, 0.3) is 0 Å². The summed E-state index contributed by atoms with van der Waals surface area (Å²) in [6.07, 6.45) is 0.599. The third kappa shape index (κ3) is 4.72. The molecule has 0 unspecified atom stereocenters. The highest BCUT2D eigenvalue weighted by Gasteiger charge is 2.07. The third-order valence-corrected chi connectivity index (χ3v) is 3.60. The van der Waals surface area contributed by atoms with E-state index < -0.39 is 0 Å². The topological polar surface area (TPSA) is 80.4 Å². The van der Waals surface area contributed by atoms with Gasteiger partial charge in [0.2, 0.25) is 0 Å². The molecule has 5 nitrogen and oxygen atoms in total. The third-order valence-electron chi connectivity index (χ3n) is 3.60. The first-order valence-electron chi connectivity index (χ1n) is 7.49. The molecule has 122 valence electrons. The first-order chi connectivity index (χ1) is 11.1. The van der Waals surface area contributed by atoms with E-state index in [1.807, 2.05) is 24.3 Å². The highest BCUT2D eigenvalue weighted by molar-refractivity contribution is 6.03. The maximum Gasteiger partial charge on any atom is 0.119 e. The van der Waals surface area contributed by atoms with Crippen molar-refractivity contribution in [3.63, 3.8) is 0 Å². The van der Waals surface area contributed by atoms with E-state index in [4.69, 9.17) is 20.6 Å². The molecule has 0 aliphatic carbocycles. The molecule has 0 bridgehead atoms. The summed E-state index contributed by atoms with van der Waals surface area (Å²) >= 11 is 0. The van der Waals surface area contributed by atoms with Gasteiger partial charge in [-0.3, -0.25) is 0 Å². The van der Waals surface area contributed by atoms with Crippen LogP contribution in [-0.4, -0.2) is 26.5 Å². The molecule has 0 fully saturated rings. The maximum absolute atomic E-state index is 8.19. The van der Waals surface area contributed by atoms with Gasteiger partial charge in [0.1, 0.15) is 11.5 Å². The van der Waals surface area contributed by atoms with Crippen LogP contribution in [0, 0.1) is 5.41 Å². The first kappa shape index (κ1) is 16.8. The number of benzene rings is 2. The summed E-state index contributed by atoms with van der Waals surface area (Å²) in [5.41, 5.74) is 8.92. The summed E-state index contributed by atoms with van der Waals surface area (Å²) in [6.45, 7) is 1.44. The standard InChI is InChI=1S/C18H23N3O2/c1-22-14-5-3-4-13(10-14)12-21-9-8-18(20)16-11-15(23-2)6-7-17(16)19/h3-7,10-11,20-21H,8-9,12,19H2,1-2H3. The van der Waals surface area contributed by atoms with Crippen LogP contribution in [0.15, 0.2) is 42.5 Å². The Kier molecular flexibility index (Phi) is 6.00. The van der Waals surface area contributed by atoms with E-state index >= 15 is 0 Å². The zero-order chi connectivity index (χ0) is 16.7. The molecule has 0 amide bonds. The Morgan fingerprint density at radius 3 is 2.57 bits per heavy atom. The number of anilines is 1. The van der Waals surface area contributed by atoms with Gasteiger partial charge in [-0.1, -0.05) is 12.1 Å². The molecule has 0 atom stereocenters. The molecule has 0 aliphatic heterocycles. The Morgan fingerprint density at radius 2 is 1.83 bits per heavy atom. The molecule has 2 rings (SSSR count). The van der Waals surface area contributed by atoms with Gasteiger partial charge in [-0.25, -0.2) is 0 Å². The van der Waals surface area contributed by atoms with E-state index in [1.165, 1.54) is 0 Å². The normalized spacial score (nSPS) is 10.3. The zero-order valence-corrected chi connectivity index (χ0v) is 13.6. The van der Waals surface area contributed by atoms with Crippen LogP contribution >= 0.6 is 0 Å². The van der Waals surface area contributed by atoms with Crippen LogP contribution in [0.5, 0.6) is 11.5 Å². The van der Waals surface area contributed by atoms with E-state index in [-0.39, 0.29) is 0 Å². The predicted octanol–water partition coefficient (Wildman–Crippen LogP) is 2.83. The van der Waals surface area contributed by atoms with Gasteiger partial charge >= 0.3 is 0 Å². The average Bonchev–Trinajstić information content (AvgIpc) is 2.59. The first-order valence-corrected chi connectivity index (χ1v) is 7.49. The number of nitrogen functional groups attached to an aromatic ring is 1. The molecule has 0 radical (unpaired) electrons. The van der Waals surface area contributed by atoms with E-state index in [2.05, 4.69) is 5.32 Å². The Hall–Kier alpha value is -2.53. The van der Waals surface area contributed by atoms with Gasteiger partial charge in [-0.05, 0) is 35.9 Å². The second-order valence-corrected chi connectivity index (χ2v) is 5.21. The van der Waals surface area contributed by atoms with Crippen LogP contribution in [0.4, 0.5) is 5.69 Å². The number of ether oxygens (including phenoxy) is 2. The predicted molar refractivity (Wildman–Crippen MR) is 93.6 cm³/mol. The Labute approximate surface area is 136 Å². The van der Waals surface area contributed by atoms with Crippen molar-refractivity contribution in [1.29, 1.82) is 5.41 Å². The molecular weight excluding hydrogens is 290 g/mol. The molecule has 0 aliphatic rings. The molecular formula is C18H23N3O2. The highest BCUT2D eigenvalue weighted by Crippen LogP contribution is 2.20. The molecule has 4 N–H and O–H groups in total. The van der Waals surface area contributed by atoms with Crippen LogP contribution in [0.25, 0.3) is 0 Å². The average molecular weight is 313 g/mol. The van der Waals surface area contributed by atoms with Gasteiger partial charge in [-0.2, -0.15) is 0 Å². The van der Waals surface area contributed by atoms with Gasteiger partial charge in [0.15, 0.2) is 0 Å². The SMILES string of the molecule is COc1cccc(CNCCC(=N)c2cc(OC)ccc2N)c1. The molecule has 0 saturated heterocycles. The molecule has 2 aromatic carbocycles. The summed E-state index contributed by atoms with van der Waals surface area (Å²) in [5, 5.41) is 11.5. The van der Waals surface area contributed by atoms with Crippen LogP contribution in [-0.2, 0) is 6.54 Å². The summed E-state index contributed by atoms with van der Waals surface area (Å²) in [5.74, 6) is 1.56. The Balaban J connectivity index is 1.85. The van der Waals surface area contributed by atoms with Crippen molar-refractivity contribution in [2.75, 3.05) is 26.5 Å². The van der Waals surface area contributed by atoms with Crippen molar-refractivity contribution in [2.45, 2.75) is 13.0 Å².